The predicted molar refractivity (Wildman–Crippen MR) is 99.8 cm³/mol. The lowest BCUT2D eigenvalue weighted by Crippen LogP contribution is -2.24. The fourth-order valence-corrected chi connectivity index (χ4v) is 2.95. The molecule has 7 heteroatoms. The topological polar surface area (TPSA) is 93.7 Å². The summed E-state index contributed by atoms with van der Waals surface area (Å²) < 4.78 is 17.2. The van der Waals surface area contributed by atoms with Gasteiger partial charge in [0.05, 0.1) is 38.8 Å². The maximum absolute atomic E-state index is 12.8. The predicted octanol–water partition coefficient (Wildman–Crippen LogP) is 2.65. The summed E-state index contributed by atoms with van der Waals surface area (Å²) in [7, 11) is 4.51. The second-order valence-electron chi connectivity index (χ2n) is 5.80. The van der Waals surface area contributed by atoms with E-state index in [0.717, 1.165) is 5.56 Å². The summed E-state index contributed by atoms with van der Waals surface area (Å²) in [5.74, 6) is 1.07. The lowest BCUT2D eigenvalue weighted by molar-refractivity contribution is 0.395. The van der Waals surface area contributed by atoms with Crippen LogP contribution >= 0.6 is 0 Å². The molecule has 0 bridgehead atoms. The number of aromatic nitrogens is 1. The van der Waals surface area contributed by atoms with Gasteiger partial charge in [0.25, 0.3) is 5.56 Å². The first-order valence-electron chi connectivity index (χ1n) is 8.08. The molecule has 7 nitrogen and oxygen atoms in total. The Labute approximate surface area is 155 Å². The smallest absolute Gasteiger partial charge is 0.273 e. The van der Waals surface area contributed by atoms with Gasteiger partial charge >= 0.3 is 0 Å². The van der Waals surface area contributed by atoms with Gasteiger partial charge in [-0.2, -0.15) is 5.26 Å². The number of benzene rings is 2. The maximum atomic E-state index is 12.8. The molecule has 0 saturated carbocycles. The lowest BCUT2D eigenvalue weighted by atomic mass is 10.1. The molecule has 0 aliphatic heterocycles. The molecule has 27 heavy (non-hydrogen) atoms. The van der Waals surface area contributed by atoms with E-state index in [9.17, 15) is 15.2 Å². The third kappa shape index (κ3) is 3.13. The van der Waals surface area contributed by atoms with Crippen molar-refractivity contribution in [2.75, 3.05) is 21.3 Å². The third-order valence-corrected chi connectivity index (χ3v) is 4.35. The zero-order chi connectivity index (χ0) is 19.6. The fraction of sp³-hybridized carbons (Fsp3) is 0.200. The lowest BCUT2D eigenvalue weighted by Gasteiger charge is -2.16. The average molecular weight is 366 g/mol. The highest BCUT2D eigenvalue weighted by atomic mass is 16.5. The highest BCUT2D eigenvalue weighted by Crippen LogP contribution is 2.37. The molecule has 2 aromatic carbocycles. The highest BCUT2D eigenvalue weighted by Gasteiger charge is 2.20. The second kappa shape index (κ2) is 7.30. The minimum absolute atomic E-state index is 0.199. The molecule has 3 aromatic rings. The van der Waals surface area contributed by atoms with Gasteiger partial charge in [-0.25, -0.2) is 0 Å². The summed E-state index contributed by atoms with van der Waals surface area (Å²) in [6.45, 7) is 0.199. The zero-order valence-corrected chi connectivity index (χ0v) is 15.1. The molecular formula is C20H18N2O5. The van der Waals surface area contributed by atoms with Crippen LogP contribution in [0.4, 0.5) is 0 Å². The van der Waals surface area contributed by atoms with Crippen LogP contribution in [-0.4, -0.2) is 31.0 Å². The van der Waals surface area contributed by atoms with Crippen LogP contribution in [0.2, 0.25) is 0 Å². The van der Waals surface area contributed by atoms with Gasteiger partial charge in [-0.3, -0.25) is 4.79 Å². The van der Waals surface area contributed by atoms with Crippen molar-refractivity contribution in [1.29, 1.82) is 5.26 Å². The first-order chi connectivity index (χ1) is 13.0. The Balaban J connectivity index is 2.32. The Morgan fingerprint density at radius 3 is 2.26 bits per heavy atom. The van der Waals surface area contributed by atoms with Crippen LogP contribution in [-0.2, 0) is 6.54 Å². The molecule has 1 N–H and O–H groups in total. The molecule has 0 radical (unpaired) electrons. The van der Waals surface area contributed by atoms with Gasteiger partial charge in [-0.05, 0) is 17.7 Å². The first kappa shape index (κ1) is 18.1. The molecule has 0 saturated heterocycles. The van der Waals surface area contributed by atoms with Gasteiger partial charge in [-0.1, -0.05) is 12.1 Å². The van der Waals surface area contributed by atoms with Crippen LogP contribution in [0, 0.1) is 11.3 Å². The summed E-state index contributed by atoms with van der Waals surface area (Å²) >= 11 is 0. The molecule has 0 aliphatic carbocycles. The van der Waals surface area contributed by atoms with Crippen molar-refractivity contribution in [3.05, 3.63) is 57.9 Å². The average Bonchev–Trinajstić information content (AvgIpc) is 2.70. The van der Waals surface area contributed by atoms with Crippen molar-refractivity contribution < 1.29 is 19.3 Å². The molecule has 3 rings (SSSR count). The van der Waals surface area contributed by atoms with Gasteiger partial charge in [-0.15, -0.1) is 0 Å². The summed E-state index contributed by atoms with van der Waals surface area (Å²) in [5, 5.41) is 20.1. The van der Waals surface area contributed by atoms with Crippen LogP contribution < -0.4 is 19.8 Å². The van der Waals surface area contributed by atoms with E-state index in [0.29, 0.717) is 22.8 Å². The fourth-order valence-electron chi connectivity index (χ4n) is 2.95. The molecule has 0 spiro atoms. The van der Waals surface area contributed by atoms with Gasteiger partial charge in [0, 0.05) is 12.1 Å². The Kier molecular flexibility index (Phi) is 4.90. The number of rotatable bonds is 5. The van der Waals surface area contributed by atoms with Crippen LogP contribution in [0.1, 0.15) is 11.1 Å². The van der Waals surface area contributed by atoms with Crippen LogP contribution in [0.3, 0.4) is 0 Å². The quantitative estimate of drug-likeness (QED) is 0.746. The van der Waals surface area contributed by atoms with E-state index in [-0.39, 0.29) is 17.5 Å². The molecule has 0 aliphatic rings. The van der Waals surface area contributed by atoms with Crippen molar-refractivity contribution in [2.45, 2.75) is 6.54 Å². The number of hydrogen-bond acceptors (Lipinski definition) is 6. The van der Waals surface area contributed by atoms with E-state index in [1.54, 1.807) is 37.4 Å². The second-order valence-corrected chi connectivity index (χ2v) is 5.80. The number of hydrogen-bond donors (Lipinski definition) is 1. The summed E-state index contributed by atoms with van der Waals surface area (Å²) in [6.07, 6.45) is 0. The van der Waals surface area contributed by atoms with E-state index in [4.69, 9.17) is 14.2 Å². The zero-order valence-electron chi connectivity index (χ0n) is 15.1. The Hall–Kier alpha value is -3.66. The molecule has 0 unspecified atom stereocenters. The molecular weight excluding hydrogens is 348 g/mol. The number of nitriles is 1. The number of methoxy groups -OCH3 is 3. The molecule has 0 atom stereocenters. The normalized spacial score (nSPS) is 10.4. The van der Waals surface area contributed by atoms with Gasteiger partial charge in [0.1, 0.15) is 23.3 Å². The van der Waals surface area contributed by atoms with Gasteiger partial charge in [0.15, 0.2) is 11.3 Å². The summed E-state index contributed by atoms with van der Waals surface area (Å²) in [4.78, 5) is 12.8. The van der Waals surface area contributed by atoms with Crippen molar-refractivity contribution in [3.8, 4) is 29.1 Å². The number of nitrogens with zero attached hydrogens (tertiary/aromatic N) is 2. The number of ether oxygens (including phenoxy) is 3. The highest BCUT2D eigenvalue weighted by molar-refractivity contribution is 5.94. The number of aromatic hydroxyl groups is 1. The maximum Gasteiger partial charge on any atom is 0.273 e. The van der Waals surface area contributed by atoms with Crippen molar-refractivity contribution in [3.63, 3.8) is 0 Å². The molecule has 138 valence electrons. The molecule has 0 fully saturated rings. The Morgan fingerprint density at radius 2 is 1.70 bits per heavy atom. The summed E-state index contributed by atoms with van der Waals surface area (Å²) in [6, 6.07) is 12.2. The van der Waals surface area contributed by atoms with Gasteiger partial charge in [0.2, 0.25) is 0 Å². The SMILES string of the molecule is COc1ccc(Cn2c(=O)c(C#N)c(O)c3c(OC)cc(OC)cc32)cc1. The largest absolute Gasteiger partial charge is 0.505 e. The van der Waals surface area contributed by atoms with E-state index in [1.165, 1.54) is 18.8 Å². The van der Waals surface area contributed by atoms with Crippen molar-refractivity contribution >= 4 is 10.9 Å². The summed E-state index contributed by atoms with van der Waals surface area (Å²) in [5.41, 5.74) is 0.312. The number of pyridine rings is 1. The third-order valence-electron chi connectivity index (χ3n) is 4.35. The minimum atomic E-state index is -0.589. The Bertz CT molecular complexity index is 1090. The molecule has 1 aromatic heterocycles. The van der Waals surface area contributed by atoms with E-state index < -0.39 is 11.3 Å². The van der Waals surface area contributed by atoms with E-state index in [2.05, 4.69) is 0 Å². The van der Waals surface area contributed by atoms with Crippen LogP contribution in [0.25, 0.3) is 10.9 Å². The first-order valence-corrected chi connectivity index (χ1v) is 8.08. The van der Waals surface area contributed by atoms with Crippen molar-refractivity contribution in [2.24, 2.45) is 0 Å². The Morgan fingerprint density at radius 1 is 1.04 bits per heavy atom. The standard InChI is InChI=1S/C20H18N2O5/c1-25-13-6-4-12(5-7-13)11-22-16-8-14(26-2)9-17(27-3)18(16)19(23)15(10-21)20(22)24/h4-9,23H,11H2,1-3H3. The van der Waals surface area contributed by atoms with Crippen LogP contribution in [0.15, 0.2) is 41.2 Å². The van der Waals surface area contributed by atoms with Crippen LogP contribution in [0.5, 0.6) is 23.0 Å². The minimum Gasteiger partial charge on any atom is -0.505 e. The van der Waals surface area contributed by atoms with E-state index >= 15 is 0 Å². The van der Waals surface area contributed by atoms with Crippen molar-refractivity contribution in [1.82, 2.24) is 4.57 Å². The molecule has 0 amide bonds. The van der Waals surface area contributed by atoms with E-state index in [1.807, 2.05) is 12.1 Å². The van der Waals surface area contributed by atoms with Gasteiger partial charge < -0.3 is 23.9 Å². The molecule has 1 heterocycles. The number of fused-ring (bicyclic) bond motifs is 1. The monoisotopic (exact) mass is 366 g/mol.